The summed E-state index contributed by atoms with van der Waals surface area (Å²) in [6.45, 7) is 0. The van der Waals surface area contributed by atoms with Crippen molar-refractivity contribution in [2.45, 2.75) is 4.90 Å². The van der Waals surface area contributed by atoms with E-state index in [9.17, 15) is 13.6 Å². The first-order chi connectivity index (χ1) is 9.54. The smallest absolute Gasteiger partial charge is 0.234 e. The Bertz CT molecular complexity index is 619. The minimum absolute atomic E-state index is 0.0329. The molecule has 2 nitrogen and oxygen atoms in total. The van der Waals surface area contributed by atoms with Gasteiger partial charge >= 0.3 is 0 Å². The van der Waals surface area contributed by atoms with E-state index in [0.717, 1.165) is 23.9 Å². The molecule has 0 radical (unpaired) electrons. The van der Waals surface area contributed by atoms with Crippen LogP contribution in [0.1, 0.15) is 0 Å². The van der Waals surface area contributed by atoms with Crippen LogP contribution < -0.4 is 5.32 Å². The molecule has 20 heavy (non-hydrogen) atoms. The monoisotopic (exact) mass is 313 g/mol. The number of benzene rings is 2. The molecular formula is C14H10ClF2NOS. The summed E-state index contributed by atoms with van der Waals surface area (Å²) in [5.74, 6) is -1.56. The molecule has 2 aromatic rings. The maximum Gasteiger partial charge on any atom is 0.234 e. The Morgan fingerprint density at radius 1 is 1.15 bits per heavy atom. The van der Waals surface area contributed by atoms with Crippen molar-refractivity contribution in [2.75, 3.05) is 11.1 Å². The first-order valence-corrected chi connectivity index (χ1v) is 7.04. The zero-order chi connectivity index (χ0) is 14.5. The predicted molar refractivity (Wildman–Crippen MR) is 77.2 cm³/mol. The first kappa shape index (κ1) is 14.8. The third-order valence-corrected chi connectivity index (χ3v) is 3.68. The fourth-order valence-corrected chi connectivity index (χ4v) is 2.31. The molecule has 0 heterocycles. The van der Waals surface area contributed by atoms with Gasteiger partial charge in [0.2, 0.25) is 5.91 Å². The SMILES string of the molecule is O=C(CSc1ccc(F)cc1F)Nc1ccc(Cl)cc1. The second-order valence-electron chi connectivity index (χ2n) is 3.92. The fraction of sp³-hybridized carbons (Fsp3) is 0.0714. The number of carbonyl (C=O) groups is 1. The summed E-state index contributed by atoms with van der Waals surface area (Å²) >= 11 is 6.74. The number of anilines is 1. The normalized spacial score (nSPS) is 10.3. The Morgan fingerprint density at radius 2 is 1.85 bits per heavy atom. The van der Waals surface area contributed by atoms with E-state index in [-0.39, 0.29) is 16.6 Å². The summed E-state index contributed by atoms with van der Waals surface area (Å²) in [4.78, 5) is 11.9. The summed E-state index contributed by atoms with van der Waals surface area (Å²) in [6, 6.07) is 9.91. The van der Waals surface area contributed by atoms with Crippen LogP contribution >= 0.6 is 23.4 Å². The van der Waals surface area contributed by atoms with E-state index in [1.54, 1.807) is 24.3 Å². The van der Waals surface area contributed by atoms with Crippen LogP contribution in [0.3, 0.4) is 0 Å². The van der Waals surface area contributed by atoms with Gasteiger partial charge in [-0.25, -0.2) is 8.78 Å². The molecule has 104 valence electrons. The highest BCUT2D eigenvalue weighted by Gasteiger charge is 2.08. The van der Waals surface area contributed by atoms with E-state index in [1.165, 1.54) is 6.07 Å². The summed E-state index contributed by atoms with van der Waals surface area (Å²) in [5.41, 5.74) is 0.611. The summed E-state index contributed by atoms with van der Waals surface area (Å²) in [5, 5.41) is 3.23. The molecule has 0 bridgehead atoms. The molecule has 0 unspecified atom stereocenters. The molecule has 2 rings (SSSR count). The second kappa shape index (κ2) is 6.72. The molecule has 0 atom stereocenters. The predicted octanol–water partition coefficient (Wildman–Crippen LogP) is 4.35. The molecule has 6 heteroatoms. The van der Waals surface area contributed by atoms with Crippen LogP contribution in [0.5, 0.6) is 0 Å². The molecule has 0 fully saturated rings. The lowest BCUT2D eigenvalue weighted by Gasteiger charge is -2.06. The van der Waals surface area contributed by atoms with Crippen molar-refractivity contribution in [2.24, 2.45) is 0 Å². The average Bonchev–Trinajstić information content (AvgIpc) is 2.40. The molecule has 0 aliphatic carbocycles. The number of halogens is 3. The van der Waals surface area contributed by atoms with Gasteiger partial charge in [-0.15, -0.1) is 11.8 Å². The van der Waals surface area contributed by atoms with Crippen molar-refractivity contribution in [1.29, 1.82) is 0 Å². The summed E-state index contributed by atoms with van der Waals surface area (Å²) < 4.78 is 26.1. The van der Waals surface area contributed by atoms with Crippen LogP contribution in [-0.4, -0.2) is 11.7 Å². The first-order valence-electron chi connectivity index (χ1n) is 5.68. The van der Waals surface area contributed by atoms with Crippen molar-refractivity contribution in [1.82, 2.24) is 0 Å². The lowest BCUT2D eigenvalue weighted by molar-refractivity contribution is -0.113. The fourth-order valence-electron chi connectivity index (χ4n) is 1.47. The lowest BCUT2D eigenvalue weighted by atomic mass is 10.3. The Hall–Kier alpha value is -1.59. The maximum atomic E-state index is 13.4. The molecule has 1 amide bonds. The second-order valence-corrected chi connectivity index (χ2v) is 5.37. The van der Waals surface area contributed by atoms with Crippen LogP contribution in [-0.2, 0) is 4.79 Å². The largest absolute Gasteiger partial charge is 0.325 e. The van der Waals surface area contributed by atoms with E-state index >= 15 is 0 Å². The third kappa shape index (κ3) is 4.21. The number of rotatable bonds is 4. The van der Waals surface area contributed by atoms with Crippen LogP contribution in [0, 0.1) is 11.6 Å². The minimum atomic E-state index is -0.672. The van der Waals surface area contributed by atoms with Gasteiger partial charge in [-0.2, -0.15) is 0 Å². The number of carbonyl (C=O) groups excluding carboxylic acids is 1. The topological polar surface area (TPSA) is 29.1 Å². The number of amides is 1. The van der Waals surface area contributed by atoms with Crippen LogP contribution in [0.25, 0.3) is 0 Å². The van der Waals surface area contributed by atoms with E-state index < -0.39 is 11.6 Å². The van der Waals surface area contributed by atoms with E-state index in [1.807, 2.05) is 0 Å². The lowest BCUT2D eigenvalue weighted by Crippen LogP contribution is -2.13. The van der Waals surface area contributed by atoms with Crippen molar-refractivity contribution in [3.05, 3.63) is 59.1 Å². The van der Waals surface area contributed by atoms with E-state index in [0.29, 0.717) is 10.7 Å². The van der Waals surface area contributed by atoms with E-state index in [4.69, 9.17) is 11.6 Å². The highest BCUT2D eigenvalue weighted by molar-refractivity contribution is 8.00. The van der Waals surface area contributed by atoms with Gasteiger partial charge in [-0.3, -0.25) is 4.79 Å². The number of hydrogen-bond donors (Lipinski definition) is 1. The van der Waals surface area contributed by atoms with E-state index in [2.05, 4.69) is 5.32 Å². The van der Waals surface area contributed by atoms with Gasteiger partial charge < -0.3 is 5.32 Å². The molecule has 0 aromatic heterocycles. The molecule has 0 spiro atoms. The molecule has 0 aliphatic heterocycles. The molecule has 1 N–H and O–H groups in total. The van der Waals surface area contributed by atoms with Gasteiger partial charge in [0.15, 0.2) is 0 Å². The number of thioether (sulfide) groups is 1. The zero-order valence-corrected chi connectivity index (χ0v) is 11.8. The van der Waals surface area contributed by atoms with Gasteiger partial charge in [0, 0.05) is 21.7 Å². The highest BCUT2D eigenvalue weighted by Crippen LogP contribution is 2.22. The molecule has 0 saturated carbocycles. The van der Waals surface area contributed by atoms with Gasteiger partial charge in [-0.1, -0.05) is 11.6 Å². The Balaban J connectivity index is 1.90. The van der Waals surface area contributed by atoms with Crippen LogP contribution in [0.15, 0.2) is 47.4 Å². The number of hydrogen-bond acceptors (Lipinski definition) is 2. The van der Waals surface area contributed by atoms with Gasteiger partial charge in [0.25, 0.3) is 0 Å². The Morgan fingerprint density at radius 3 is 2.50 bits per heavy atom. The van der Waals surface area contributed by atoms with Crippen molar-refractivity contribution >= 4 is 35.0 Å². The van der Waals surface area contributed by atoms with Gasteiger partial charge in [-0.05, 0) is 36.4 Å². The number of nitrogens with one attached hydrogen (secondary N) is 1. The quantitative estimate of drug-likeness (QED) is 0.850. The van der Waals surface area contributed by atoms with Crippen molar-refractivity contribution < 1.29 is 13.6 Å². The van der Waals surface area contributed by atoms with Gasteiger partial charge in [0.05, 0.1) is 5.75 Å². The third-order valence-electron chi connectivity index (χ3n) is 2.38. The minimum Gasteiger partial charge on any atom is -0.325 e. The Labute approximate surface area is 124 Å². The molecule has 0 saturated heterocycles. The Kier molecular flexibility index (Phi) is 4.98. The molecular weight excluding hydrogens is 304 g/mol. The maximum absolute atomic E-state index is 13.4. The summed E-state index contributed by atoms with van der Waals surface area (Å²) in [6.07, 6.45) is 0. The highest BCUT2D eigenvalue weighted by atomic mass is 35.5. The van der Waals surface area contributed by atoms with Crippen LogP contribution in [0.4, 0.5) is 14.5 Å². The summed E-state index contributed by atoms with van der Waals surface area (Å²) in [7, 11) is 0. The standard InChI is InChI=1S/C14H10ClF2NOS/c15-9-1-4-11(5-2-9)18-14(19)8-20-13-6-3-10(16)7-12(13)17/h1-7H,8H2,(H,18,19). The van der Waals surface area contributed by atoms with Gasteiger partial charge in [0.1, 0.15) is 11.6 Å². The molecule has 0 aliphatic rings. The van der Waals surface area contributed by atoms with Crippen LogP contribution in [0.2, 0.25) is 5.02 Å². The average molecular weight is 314 g/mol. The van der Waals surface area contributed by atoms with Crippen molar-refractivity contribution in [3.63, 3.8) is 0 Å². The zero-order valence-electron chi connectivity index (χ0n) is 10.2. The molecule has 2 aromatic carbocycles. The van der Waals surface area contributed by atoms with Crippen molar-refractivity contribution in [3.8, 4) is 0 Å².